The lowest BCUT2D eigenvalue weighted by molar-refractivity contribution is -0.137. The summed E-state index contributed by atoms with van der Waals surface area (Å²) in [5, 5.41) is 9.23. The molecule has 1 aromatic rings. The van der Waals surface area contributed by atoms with E-state index in [-0.39, 0.29) is 24.8 Å². The van der Waals surface area contributed by atoms with E-state index in [1.165, 1.54) is 0 Å². The monoisotopic (exact) mass is 334 g/mol. The highest BCUT2D eigenvalue weighted by atomic mass is 19.4. The first-order valence-electron chi connectivity index (χ1n) is 7.69. The van der Waals surface area contributed by atoms with Crippen molar-refractivity contribution in [3.63, 3.8) is 0 Å². The van der Waals surface area contributed by atoms with Gasteiger partial charge in [0.1, 0.15) is 5.82 Å². The second-order valence-corrected chi connectivity index (χ2v) is 6.07. The van der Waals surface area contributed by atoms with Gasteiger partial charge in [-0.3, -0.25) is 4.90 Å². The molecule has 1 aliphatic rings. The molecule has 1 aromatic carbocycles. The molecule has 3 nitrogen and oxygen atoms in total. The molecule has 0 aliphatic carbocycles. The van der Waals surface area contributed by atoms with Gasteiger partial charge >= 0.3 is 6.18 Å². The molecule has 130 valence electrons. The predicted molar refractivity (Wildman–Crippen MR) is 79.4 cm³/mol. The molecule has 7 heteroatoms. The minimum atomic E-state index is -4.56. The van der Waals surface area contributed by atoms with Crippen LogP contribution in [0.1, 0.15) is 24.0 Å². The fourth-order valence-corrected chi connectivity index (χ4v) is 3.02. The van der Waals surface area contributed by atoms with Crippen LogP contribution in [0.2, 0.25) is 0 Å². The quantitative estimate of drug-likeness (QED) is 0.839. The number of aliphatic hydroxyl groups is 1. The maximum Gasteiger partial charge on any atom is 0.416 e. The first-order valence-corrected chi connectivity index (χ1v) is 7.69. The summed E-state index contributed by atoms with van der Waals surface area (Å²) in [6.07, 6.45) is -2.79. The summed E-state index contributed by atoms with van der Waals surface area (Å²) in [5.41, 5.74) is -0.690. The number of hydrogen-bond donors (Lipinski definition) is 1. The molecule has 0 bridgehead atoms. The smallest absolute Gasteiger partial charge is 0.395 e. The van der Waals surface area contributed by atoms with Gasteiger partial charge in [-0.05, 0) is 56.7 Å². The third kappa shape index (κ3) is 5.16. The number of aliphatic hydroxyl groups excluding tert-OH is 1. The average molecular weight is 334 g/mol. The standard InChI is InChI=1S/C16H22F4N2O/c1-21-4-2-15(3-5-21)22(6-7-23)11-12-8-13(16(18,19)20)10-14(17)9-12/h8-10,15,23H,2-7,11H2,1H3. The van der Waals surface area contributed by atoms with Crippen LogP contribution in [0.4, 0.5) is 17.6 Å². The van der Waals surface area contributed by atoms with E-state index in [2.05, 4.69) is 4.90 Å². The Bertz CT molecular complexity index is 513. The molecule has 23 heavy (non-hydrogen) atoms. The number of likely N-dealkylation sites (tertiary alicyclic amines) is 1. The van der Waals surface area contributed by atoms with Crippen molar-refractivity contribution in [1.29, 1.82) is 0 Å². The second-order valence-electron chi connectivity index (χ2n) is 6.07. The van der Waals surface area contributed by atoms with E-state index in [0.29, 0.717) is 12.6 Å². The van der Waals surface area contributed by atoms with Crippen molar-refractivity contribution in [2.75, 3.05) is 33.3 Å². The molecule has 1 heterocycles. The second kappa shape index (κ2) is 7.59. The molecule has 0 unspecified atom stereocenters. The molecule has 2 rings (SSSR count). The van der Waals surface area contributed by atoms with Crippen LogP contribution in [-0.4, -0.2) is 54.2 Å². The number of benzene rings is 1. The highest BCUT2D eigenvalue weighted by Crippen LogP contribution is 2.31. The summed E-state index contributed by atoms with van der Waals surface area (Å²) in [5.74, 6) is -0.887. The molecule has 0 aromatic heterocycles. The Balaban J connectivity index is 2.15. The zero-order valence-electron chi connectivity index (χ0n) is 13.1. The molecule has 0 atom stereocenters. The summed E-state index contributed by atoms with van der Waals surface area (Å²) in [7, 11) is 2.02. The van der Waals surface area contributed by atoms with Crippen LogP contribution >= 0.6 is 0 Å². The Hall–Kier alpha value is -1.18. The topological polar surface area (TPSA) is 26.7 Å². The van der Waals surface area contributed by atoms with Gasteiger partial charge in [0.25, 0.3) is 0 Å². The van der Waals surface area contributed by atoms with Gasteiger partial charge in [-0.1, -0.05) is 0 Å². The summed E-state index contributed by atoms with van der Waals surface area (Å²) >= 11 is 0. The minimum Gasteiger partial charge on any atom is -0.395 e. The highest BCUT2D eigenvalue weighted by molar-refractivity contribution is 5.27. The van der Waals surface area contributed by atoms with Crippen LogP contribution in [0.15, 0.2) is 18.2 Å². The third-order valence-corrected chi connectivity index (χ3v) is 4.26. The Morgan fingerprint density at radius 2 is 1.87 bits per heavy atom. The van der Waals surface area contributed by atoms with Crippen molar-refractivity contribution in [2.24, 2.45) is 0 Å². The van der Waals surface area contributed by atoms with Gasteiger partial charge in [-0.15, -0.1) is 0 Å². The molecule has 0 saturated carbocycles. The maximum atomic E-state index is 13.5. The SMILES string of the molecule is CN1CCC(N(CCO)Cc2cc(F)cc(C(F)(F)F)c2)CC1. The highest BCUT2D eigenvalue weighted by Gasteiger charge is 2.32. The fraction of sp³-hybridized carbons (Fsp3) is 0.625. The average Bonchev–Trinajstić information content (AvgIpc) is 2.46. The van der Waals surface area contributed by atoms with Gasteiger partial charge in [0.15, 0.2) is 0 Å². The van der Waals surface area contributed by atoms with E-state index < -0.39 is 17.6 Å². The number of hydrogen-bond acceptors (Lipinski definition) is 3. The van der Waals surface area contributed by atoms with Crippen LogP contribution in [0.25, 0.3) is 0 Å². The molecule has 0 radical (unpaired) electrons. The number of nitrogens with zero attached hydrogens (tertiary/aromatic N) is 2. The van der Waals surface area contributed by atoms with Crippen LogP contribution in [0, 0.1) is 5.82 Å². The van der Waals surface area contributed by atoms with Crippen molar-refractivity contribution in [2.45, 2.75) is 31.6 Å². The number of rotatable bonds is 5. The Labute approximate surface area is 133 Å². The molecule has 1 aliphatic heterocycles. The molecule has 1 N–H and O–H groups in total. The Morgan fingerprint density at radius 3 is 2.43 bits per heavy atom. The van der Waals surface area contributed by atoms with Crippen LogP contribution in [0.5, 0.6) is 0 Å². The first-order chi connectivity index (χ1) is 10.8. The summed E-state index contributed by atoms with van der Waals surface area (Å²) in [6, 6.07) is 2.82. The van der Waals surface area contributed by atoms with Crippen molar-refractivity contribution >= 4 is 0 Å². The lowest BCUT2D eigenvalue weighted by Crippen LogP contribution is -2.44. The third-order valence-electron chi connectivity index (χ3n) is 4.26. The van der Waals surface area contributed by atoms with Crippen LogP contribution in [0.3, 0.4) is 0 Å². The van der Waals surface area contributed by atoms with Crippen LogP contribution < -0.4 is 0 Å². The van der Waals surface area contributed by atoms with Crippen molar-refractivity contribution in [3.05, 3.63) is 35.1 Å². The maximum absolute atomic E-state index is 13.5. The molecule has 0 amide bonds. The normalized spacial score (nSPS) is 17.9. The minimum absolute atomic E-state index is 0.0756. The summed E-state index contributed by atoms with van der Waals surface area (Å²) in [6.45, 7) is 2.31. The Morgan fingerprint density at radius 1 is 1.22 bits per heavy atom. The van der Waals surface area contributed by atoms with E-state index in [4.69, 9.17) is 0 Å². The fourth-order valence-electron chi connectivity index (χ4n) is 3.02. The zero-order chi connectivity index (χ0) is 17.0. The van der Waals surface area contributed by atoms with Crippen molar-refractivity contribution < 1.29 is 22.7 Å². The lowest BCUT2D eigenvalue weighted by atomic mass is 10.0. The largest absolute Gasteiger partial charge is 0.416 e. The molecular weight excluding hydrogens is 312 g/mol. The predicted octanol–water partition coefficient (Wildman–Crippen LogP) is 2.73. The molecule has 1 fully saturated rings. The number of piperidine rings is 1. The molecule has 0 spiro atoms. The van der Waals surface area contributed by atoms with Gasteiger partial charge in [0, 0.05) is 19.1 Å². The van der Waals surface area contributed by atoms with Crippen LogP contribution in [-0.2, 0) is 12.7 Å². The number of alkyl halides is 3. The van der Waals surface area contributed by atoms with Gasteiger partial charge in [-0.2, -0.15) is 13.2 Å². The van der Waals surface area contributed by atoms with E-state index >= 15 is 0 Å². The number of halogens is 4. The van der Waals surface area contributed by atoms with Gasteiger partial charge in [-0.25, -0.2) is 4.39 Å². The van der Waals surface area contributed by atoms with E-state index in [0.717, 1.165) is 38.1 Å². The van der Waals surface area contributed by atoms with E-state index in [1.54, 1.807) is 0 Å². The summed E-state index contributed by atoms with van der Waals surface area (Å²) in [4.78, 5) is 4.14. The lowest BCUT2D eigenvalue weighted by Gasteiger charge is -2.37. The summed E-state index contributed by atoms with van der Waals surface area (Å²) < 4.78 is 51.9. The van der Waals surface area contributed by atoms with Crippen molar-refractivity contribution in [1.82, 2.24) is 9.80 Å². The van der Waals surface area contributed by atoms with Gasteiger partial charge < -0.3 is 10.0 Å². The van der Waals surface area contributed by atoms with E-state index in [9.17, 15) is 22.7 Å². The van der Waals surface area contributed by atoms with Crippen molar-refractivity contribution in [3.8, 4) is 0 Å². The molecular formula is C16H22F4N2O. The van der Waals surface area contributed by atoms with E-state index in [1.807, 2.05) is 11.9 Å². The molecule has 1 saturated heterocycles. The van der Waals surface area contributed by atoms with Gasteiger partial charge in [0.05, 0.1) is 12.2 Å². The zero-order valence-corrected chi connectivity index (χ0v) is 13.1. The first kappa shape index (κ1) is 18.2. The Kier molecular flexibility index (Phi) is 6.00. The van der Waals surface area contributed by atoms with Gasteiger partial charge in [0.2, 0.25) is 0 Å².